The molecular weight excluding hydrogens is 399 g/mol. The molecule has 164 valence electrons. The lowest BCUT2D eigenvalue weighted by molar-refractivity contribution is -0.170. The second-order valence-corrected chi connectivity index (χ2v) is 8.44. The summed E-state index contributed by atoms with van der Waals surface area (Å²) in [6, 6.07) is 6.38. The Bertz CT molecular complexity index is 597. The Morgan fingerprint density at radius 2 is 1.52 bits per heavy atom. The number of benzene rings is 1. The molecule has 0 aromatic heterocycles. The first-order valence-electron chi connectivity index (χ1n) is 11.0. The molecule has 0 saturated heterocycles. The largest absolute Gasteiger partial charge is 0.471 e. The number of alkyl halides is 4. The van der Waals surface area contributed by atoms with Gasteiger partial charge in [-0.3, -0.25) is 4.79 Å². The van der Waals surface area contributed by atoms with Crippen molar-refractivity contribution >= 4 is 23.2 Å². The van der Waals surface area contributed by atoms with Gasteiger partial charge in [0, 0.05) is 18.1 Å². The summed E-state index contributed by atoms with van der Waals surface area (Å²) >= 11 is 5.73. The molecule has 1 aliphatic carbocycles. The van der Waals surface area contributed by atoms with Crippen molar-refractivity contribution in [2.75, 3.05) is 11.4 Å². The molecule has 0 N–H and O–H groups in total. The van der Waals surface area contributed by atoms with Gasteiger partial charge in [0.25, 0.3) is 0 Å². The smallest absolute Gasteiger partial charge is 0.305 e. The molecule has 1 aliphatic rings. The van der Waals surface area contributed by atoms with E-state index < -0.39 is 12.1 Å². The van der Waals surface area contributed by atoms with Gasteiger partial charge in [-0.05, 0) is 30.0 Å². The van der Waals surface area contributed by atoms with Gasteiger partial charge in [0.1, 0.15) is 0 Å². The first-order chi connectivity index (χ1) is 13.9. The van der Waals surface area contributed by atoms with Crippen LogP contribution in [0.1, 0.15) is 82.6 Å². The Labute approximate surface area is 177 Å². The highest BCUT2D eigenvalue weighted by atomic mass is 35.5. The van der Waals surface area contributed by atoms with Crippen LogP contribution in [0.25, 0.3) is 0 Å². The van der Waals surface area contributed by atoms with Crippen LogP contribution in [0, 0.1) is 5.92 Å². The molecule has 2 nitrogen and oxygen atoms in total. The molecule has 1 amide bonds. The fraction of sp³-hybridized carbons (Fsp3) is 0.696. The molecule has 0 aliphatic heterocycles. The minimum absolute atomic E-state index is 0.0840. The van der Waals surface area contributed by atoms with E-state index in [0.717, 1.165) is 35.6 Å². The normalized spacial score (nSPS) is 15.4. The lowest BCUT2D eigenvalue weighted by atomic mass is 9.85. The maximum absolute atomic E-state index is 13.0. The van der Waals surface area contributed by atoms with Gasteiger partial charge in [0.15, 0.2) is 0 Å². The number of amides is 1. The SMILES string of the molecule is O=C(N(CCCCCCCCC1CCCCC1)c1ccc(CCl)cc1)C(F)(F)F. The molecule has 1 fully saturated rings. The van der Waals surface area contributed by atoms with E-state index in [4.69, 9.17) is 11.6 Å². The molecule has 0 unspecified atom stereocenters. The quantitative estimate of drug-likeness (QED) is 0.260. The van der Waals surface area contributed by atoms with Crippen molar-refractivity contribution in [3.63, 3.8) is 0 Å². The number of halogens is 4. The van der Waals surface area contributed by atoms with Crippen LogP contribution < -0.4 is 4.90 Å². The lowest BCUT2D eigenvalue weighted by Gasteiger charge is -2.24. The third-order valence-corrected chi connectivity index (χ3v) is 6.17. The first-order valence-corrected chi connectivity index (χ1v) is 11.5. The number of unbranched alkanes of at least 4 members (excludes halogenated alkanes) is 5. The van der Waals surface area contributed by atoms with E-state index in [1.54, 1.807) is 12.1 Å². The molecule has 1 saturated carbocycles. The Morgan fingerprint density at radius 1 is 0.931 bits per heavy atom. The maximum Gasteiger partial charge on any atom is 0.471 e. The molecular formula is C23H33ClF3NO. The number of hydrogen-bond acceptors (Lipinski definition) is 1. The third kappa shape index (κ3) is 8.57. The molecule has 0 heterocycles. The lowest BCUT2D eigenvalue weighted by Crippen LogP contribution is -2.41. The van der Waals surface area contributed by atoms with Crippen molar-refractivity contribution in [2.24, 2.45) is 5.92 Å². The fourth-order valence-electron chi connectivity index (χ4n) is 4.15. The number of nitrogens with zero attached hydrogens (tertiary/aromatic N) is 1. The van der Waals surface area contributed by atoms with Crippen LogP contribution in [0.3, 0.4) is 0 Å². The number of hydrogen-bond donors (Lipinski definition) is 0. The standard InChI is InChI=1S/C23H33ClF3NO/c24-18-20-13-15-21(16-14-20)28(22(29)23(25,26)27)17-9-4-2-1-3-6-10-19-11-7-5-8-12-19/h13-16,19H,1-12,17-18H2. The fourth-order valence-corrected chi connectivity index (χ4v) is 4.33. The van der Waals surface area contributed by atoms with Gasteiger partial charge in [-0.15, -0.1) is 11.6 Å². The summed E-state index contributed by atoms with van der Waals surface area (Å²) in [7, 11) is 0. The number of carbonyl (C=O) groups excluding carboxylic acids is 1. The van der Waals surface area contributed by atoms with Crippen molar-refractivity contribution in [1.82, 2.24) is 0 Å². The van der Waals surface area contributed by atoms with Crippen LogP contribution in [-0.2, 0) is 10.7 Å². The number of rotatable bonds is 11. The zero-order valence-corrected chi connectivity index (χ0v) is 17.9. The van der Waals surface area contributed by atoms with Crippen LogP contribution in [0.15, 0.2) is 24.3 Å². The number of anilines is 1. The maximum atomic E-state index is 13.0. The molecule has 1 aromatic carbocycles. The van der Waals surface area contributed by atoms with E-state index >= 15 is 0 Å². The highest BCUT2D eigenvalue weighted by molar-refractivity contribution is 6.17. The van der Waals surface area contributed by atoms with E-state index in [-0.39, 0.29) is 18.1 Å². The minimum Gasteiger partial charge on any atom is -0.305 e. The zero-order chi connectivity index (χ0) is 21.1. The van der Waals surface area contributed by atoms with Crippen LogP contribution in [-0.4, -0.2) is 18.6 Å². The Morgan fingerprint density at radius 3 is 2.10 bits per heavy atom. The van der Waals surface area contributed by atoms with Gasteiger partial charge >= 0.3 is 12.1 Å². The van der Waals surface area contributed by atoms with Crippen LogP contribution in [0.5, 0.6) is 0 Å². The van der Waals surface area contributed by atoms with Gasteiger partial charge in [-0.2, -0.15) is 13.2 Å². The van der Waals surface area contributed by atoms with Gasteiger partial charge in [0.05, 0.1) is 0 Å². The van der Waals surface area contributed by atoms with Gasteiger partial charge in [0.2, 0.25) is 0 Å². The second-order valence-electron chi connectivity index (χ2n) is 8.17. The van der Waals surface area contributed by atoms with Crippen LogP contribution in [0.4, 0.5) is 18.9 Å². The summed E-state index contributed by atoms with van der Waals surface area (Å²) < 4.78 is 39.0. The minimum atomic E-state index is -4.87. The van der Waals surface area contributed by atoms with Crippen LogP contribution in [0.2, 0.25) is 0 Å². The van der Waals surface area contributed by atoms with Crippen molar-refractivity contribution in [1.29, 1.82) is 0 Å². The van der Waals surface area contributed by atoms with E-state index in [2.05, 4.69) is 0 Å². The van der Waals surface area contributed by atoms with Crippen molar-refractivity contribution in [2.45, 2.75) is 89.1 Å². The van der Waals surface area contributed by atoms with Crippen molar-refractivity contribution < 1.29 is 18.0 Å². The molecule has 1 aromatic rings. The Balaban J connectivity index is 1.71. The summed E-state index contributed by atoms with van der Waals surface area (Å²) in [5, 5.41) is 0. The molecule has 0 radical (unpaired) electrons. The molecule has 29 heavy (non-hydrogen) atoms. The van der Waals surface area contributed by atoms with E-state index in [1.807, 2.05) is 0 Å². The zero-order valence-electron chi connectivity index (χ0n) is 17.2. The molecule has 6 heteroatoms. The van der Waals surface area contributed by atoms with E-state index in [1.165, 1.54) is 63.5 Å². The summed E-state index contributed by atoms with van der Waals surface area (Å²) in [5.41, 5.74) is 1.08. The average Bonchev–Trinajstić information content (AvgIpc) is 2.72. The summed E-state index contributed by atoms with van der Waals surface area (Å²) in [6.45, 7) is 0.0840. The monoisotopic (exact) mass is 431 g/mol. The molecule has 0 spiro atoms. The van der Waals surface area contributed by atoms with Crippen LogP contribution >= 0.6 is 11.6 Å². The van der Waals surface area contributed by atoms with Crippen molar-refractivity contribution in [3.05, 3.63) is 29.8 Å². The Kier molecular flexibility index (Phi) is 10.3. The highest BCUT2D eigenvalue weighted by Crippen LogP contribution is 2.28. The first kappa shape index (κ1) is 24.0. The topological polar surface area (TPSA) is 20.3 Å². The van der Waals surface area contributed by atoms with Gasteiger partial charge < -0.3 is 4.90 Å². The second kappa shape index (κ2) is 12.5. The summed E-state index contributed by atoms with van der Waals surface area (Å²) in [6.07, 6.45) is 9.36. The Hall–Kier alpha value is -1.23. The highest BCUT2D eigenvalue weighted by Gasteiger charge is 2.42. The predicted octanol–water partition coefficient (Wildman–Crippen LogP) is 7.63. The summed E-state index contributed by atoms with van der Waals surface area (Å²) in [4.78, 5) is 12.7. The van der Waals surface area contributed by atoms with E-state index in [9.17, 15) is 18.0 Å². The number of carbonyl (C=O) groups is 1. The predicted molar refractivity (Wildman–Crippen MR) is 113 cm³/mol. The molecule has 0 bridgehead atoms. The average molecular weight is 432 g/mol. The van der Waals surface area contributed by atoms with Crippen molar-refractivity contribution in [3.8, 4) is 0 Å². The van der Waals surface area contributed by atoms with Gasteiger partial charge in [-0.1, -0.05) is 82.8 Å². The molecule has 0 atom stereocenters. The summed E-state index contributed by atoms with van der Waals surface area (Å²) in [5.74, 6) is -0.603. The van der Waals surface area contributed by atoms with Gasteiger partial charge in [-0.25, -0.2) is 0 Å². The van der Waals surface area contributed by atoms with E-state index in [0.29, 0.717) is 6.42 Å². The molecule has 2 rings (SSSR count). The third-order valence-electron chi connectivity index (χ3n) is 5.86.